The molecule has 0 atom stereocenters. The molecule has 0 bridgehead atoms. The van der Waals surface area contributed by atoms with E-state index in [1.54, 1.807) is 44.0 Å². The fourth-order valence-electron chi connectivity index (χ4n) is 6.45. The van der Waals surface area contributed by atoms with Gasteiger partial charge < -0.3 is 0 Å². The summed E-state index contributed by atoms with van der Waals surface area (Å²) in [6.07, 6.45) is 27.3. The van der Waals surface area contributed by atoms with Crippen LogP contribution in [0.1, 0.15) is 172 Å². The largest absolute Gasteiger partial charge is 0.0654 e. The minimum absolute atomic E-state index is 0.344. The van der Waals surface area contributed by atoms with E-state index in [4.69, 9.17) is 0 Å². The fraction of sp³-hybridized carbons (Fsp3) is 0.700. The monoisotopic (exact) mass is 578 g/mol. The van der Waals surface area contributed by atoms with Gasteiger partial charge in [0.1, 0.15) is 0 Å². The fourth-order valence-corrected chi connectivity index (χ4v) is 9.48. The maximum absolute atomic E-state index is 2.65. The van der Waals surface area contributed by atoms with Gasteiger partial charge in [-0.2, -0.15) is 0 Å². The molecule has 2 rings (SSSR count). The first-order chi connectivity index (χ1) is 20.1. The maximum atomic E-state index is 2.65. The van der Waals surface area contributed by atoms with Crippen LogP contribution in [0.2, 0.25) is 0 Å². The molecule has 0 amide bonds. The number of unbranched alkanes of at least 4 members (excludes halogenated alkanes) is 7. The quantitative estimate of drug-likeness (QED) is 0.115. The van der Waals surface area contributed by atoms with Gasteiger partial charge in [0.05, 0.1) is 0 Å². The van der Waals surface area contributed by atoms with Crippen molar-refractivity contribution < 1.29 is 0 Å². The Morgan fingerprint density at radius 3 is 1.02 bits per heavy atom. The highest BCUT2D eigenvalue weighted by atomic mass is 31.1. The molecule has 2 aromatic carbocycles. The van der Waals surface area contributed by atoms with Crippen LogP contribution in [0.15, 0.2) is 24.3 Å². The van der Waals surface area contributed by atoms with Gasteiger partial charge in [0.25, 0.3) is 0 Å². The zero-order valence-corrected chi connectivity index (χ0v) is 29.5. The first kappa shape index (κ1) is 36.1. The van der Waals surface area contributed by atoms with E-state index in [9.17, 15) is 0 Å². The molecule has 0 radical (unpaired) electrons. The highest BCUT2D eigenvalue weighted by molar-refractivity contribution is 7.73. The van der Waals surface area contributed by atoms with Gasteiger partial charge in [-0.3, -0.25) is 0 Å². The zero-order chi connectivity index (χ0) is 29.9. The average Bonchev–Trinajstić information content (AvgIpc) is 2.99. The van der Waals surface area contributed by atoms with E-state index in [1.165, 1.54) is 135 Å². The molecular formula is C40H67P. The van der Waals surface area contributed by atoms with Crippen molar-refractivity contribution in [1.29, 1.82) is 0 Å². The number of rotatable bonds is 23. The van der Waals surface area contributed by atoms with Gasteiger partial charge in [-0.15, -0.1) is 0 Å². The molecule has 0 unspecified atom stereocenters. The number of hydrogen-bond donors (Lipinski definition) is 0. The average molecular weight is 579 g/mol. The molecule has 0 spiro atoms. The van der Waals surface area contributed by atoms with Gasteiger partial charge in [-0.05, 0) is 142 Å². The van der Waals surface area contributed by atoms with E-state index in [-0.39, 0.29) is 7.92 Å². The molecular weight excluding hydrogens is 511 g/mol. The van der Waals surface area contributed by atoms with E-state index in [0.717, 1.165) is 0 Å². The second kappa shape index (κ2) is 21.5. The Morgan fingerprint density at radius 1 is 0.366 bits per heavy atom. The molecule has 0 aliphatic carbocycles. The molecule has 0 aliphatic rings. The first-order valence-electron chi connectivity index (χ1n) is 18.2. The van der Waals surface area contributed by atoms with Gasteiger partial charge in [0, 0.05) is 0 Å². The van der Waals surface area contributed by atoms with Crippen molar-refractivity contribution in [3.8, 4) is 0 Å². The summed E-state index contributed by atoms with van der Waals surface area (Å²) >= 11 is 0. The molecule has 0 saturated heterocycles. The van der Waals surface area contributed by atoms with Crippen LogP contribution in [-0.4, -0.2) is 6.16 Å². The third-order valence-corrected chi connectivity index (χ3v) is 11.8. The molecule has 1 heteroatoms. The summed E-state index contributed by atoms with van der Waals surface area (Å²) in [7, 11) is -0.344. The van der Waals surface area contributed by atoms with Crippen molar-refractivity contribution in [1.82, 2.24) is 0 Å². The predicted octanol–water partition coefficient (Wildman–Crippen LogP) is 12.0. The van der Waals surface area contributed by atoms with Crippen LogP contribution in [-0.2, 0) is 38.5 Å². The van der Waals surface area contributed by atoms with Gasteiger partial charge in [-0.25, -0.2) is 0 Å². The van der Waals surface area contributed by atoms with Crippen LogP contribution in [0.4, 0.5) is 0 Å². The van der Waals surface area contributed by atoms with Crippen LogP contribution in [0, 0.1) is 0 Å². The summed E-state index contributed by atoms with van der Waals surface area (Å²) in [5.74, 6) is 0. The van der Waals surface area contributed by atoms with Gasteiger partial charge in [0.15, 0.2) is 0 Å². The third kappa shape index (κ3) is 11.1. The maximum Gasteiger partial charge on any atom is -0.0160 e. The Labute approximate surface area is 258 Å². The van der Waals surface area contributed by atoms with E-state index < -0.39 is 0 Å². The van der Waals surface area contributed by atoms with Crippen molar-refractivity contribution in [2.45, 2.75) is 177 Å². The molecule has 0 heterocycles. The van der Waals surface area contributed by atoms with E-state index >= 15 is 0 Å². The smallest absolute Gasteiger partial charge is 0.0160 e. The summed E-state index contributed by atoms with van der Waals surface area (Å²) in [5, 5.41) is 3.52. The topological polar surface area (TPSA) is 0 Å². The molecule has 41 heavy (non-hydrogen) atoms. The standard InChI is InChI=1S/C40H67P/c1-8-15-22-33-28-30-39(37(26-19-12-5)35(33)24-17-10-3)41(32-21-14-7)40-31-29-34(23-16-9-2)36(25-18-11-4)38(40)27-20-13-6/h28-31H,8-27,32H2,1-7H3. The second-order valence-electron chi connectivity index (χ2n) is 12.5. The second-order valence-corrected chi connectivity index (χ2v) is 14.8. The first-order valence-corrected chi connectivity index (χ1v) is 19.7. The van der Waals surface area contributed by atoms with Gasteiger partial charge >= 0.3 is 0 Å². The van der Waals surface area contributed by atoms with Crippen LogP contribution >= 0.6 is 7.92 Å². The summed E-state index contributed by atoms with van der Waals surface area (Å²) in [6.45, 7) is 16.6. The minimum Gasteiger partial charge on any atom is -0.0654 e. The summed E-state index contributed by atoms with van der Waals surface area (Å²) in [6, 6.07) is 10.5. The van der Waals surface area contributed by atoms with Gasteiger partial charge in [-0.1, -0.05) is 118 Å². The Morgan fingerprint density at radius 2 is 0.683 bits per heavy atom. The highest BCUT2D eigenvalue weighted by Gasteiger charge is 2.25. The molecule has 232 valence electrons. The summed E-state index contributed by atoms with van der Waals surface area (Å²) < 4.78 is 0. The Hall–Kier alpha value is -1.13. The molecule has 2 aromatic rings. The number of hydrogen-bond acceptors (Lipinski definition) is 0. The van der Waals surface area contributed by atoms with Crippen molar-refractivity contribution in [2.75, 3.05) is 6.16 Å². The van der Waals surface area contributed by atoms with Gasteiger partial charge in [0.2, 0.25) is 0 Å². The minimum atomic E-state index is -0.344. The normalized spacial score (nSPS) is 11.6. The molecule has 0 saturated carbocycles. The van der Waals surface area contributed by atoms with Crippen LogP contribution in [0.25, 0.3) is 0 Å². The number of aryl methyl sites for hydroxylation is 2. The van der Waals surface area contributed by atoms with Crippen molar-refractivity contribution in [3.05, 3.63) is 57.6 Å². The SMILES string of the molecule is CCCCc1ccc(P(CCCC)c2ccc(CCCC)c(CCCC)c2CCCC)c(CCCC)c1CCCC. The van der Waals surface area contributed by atoms with Crippen LogP contribution in [0.3, 0.4) is 0 Å². The highest BCUT2D eigenvalue weighted by Crippen LogP contribution is 2.41. The van der Waals surface area contributed by atoms with Crippen LogP contribution < -0.4 is 10.6 Å². The van der Waals surface area contributed by atoms with Crippen molar-refractivity contribution >= 4 is 18.5 Å². The Bertz CT molecular complexity index is 896. The van der Waals surface area contributed by atoms with E-state index in [1.807, 2.05) is 0 Å². The lowest BCUT2D eigenvalue weighted by molar-refractivity contribution is 0.736. The lowest BCUT2D eigenvalue weighted by atomic mass is 9.90. The Balaban J connectivity index is 2.83. The van der Waals surface area contributed by atoms with Crippen molar-refractivity contribution in [2.24, 2.45) is 0 Å². The lowest BCUT2D eigenvalue weighted by Crippen LogP contribution is -2.25. The zero-order valence-electron chi connectivity index (χ0n) is 28.6. The summed E-state index contributed by atoms with van der Waals surface area (Å²) in [5.41, 5.74) is 10.4. The molecule has 0 aromatic heterocycles. The lowest BCUT2D eigenvalue weighted by Gasteiger charge is -2.29. The van der Waals surface area contributed by atoms with E-state index in [0.29, 0.717) is 0 Å². The van der Waals surface area contributed by atoms with Crippen molar-refractivity contribution in [3.63, 3.8) is 0 Å². The molecule has 0 fully saturated rings. The molecule has 0 nitrogen and oxygen atoms in total. The summed E-state index contributed by atoms with van der Waals surface area (Å²) in [4.78, 5) is 0. The van der Waals surface area contributed by atoms with Crippen LogP contribution in [0.5, 0.6) is 0 Å². The number of benzene rings is 2. The third-order valence-electron chi connectivity index (χ3n) is 9.04. The Kier molecular flexibility index (Phi) is 18.9. The predicted molar refractivity (Wildman–Crippen MR) is 191 cm³/mol. The molecule has 0 aliphatic heterocycles. The van der Waals surface area contributed by atoms with E-state index in [2.05, 4.69) is 72.7 Å². The molecule has 0 N–H and O–H groups in total.